The molecule has 16 heavy (non-hydrogen) atoms. The van der Waals surface area contributed by atoms with Gasteiger partial charge >= 0.3 is 0 Å². The summed E-state index contributed by atoms with van der Waals surface area (Å²) in [5.74, 6) is 0. The summed E-state index contributed by atoms with van der Waals surface area (Å²) in [6.45, 7) is 8.54. The van der Waals surface area contributed by atoms with Crippen LogP contribution < -0.4 is 5.32 Å². The van der Waals surface area contributed by atoms with E-state index in [1.807, 2.05) is 11.3 Å². The van der Waals surface area contributed by atoms with E-state index in [1.165, 1.54) is 4.88 Å². The first-order chi connectivity index (χ1) is 7.60. The van der Waals surface area contributed by atoms with E-state index >= 15 is 0 Å². The molecule has 0 aliphatic heterocycles. The Balaban J connectivity index is 2.47. The molecule has 0 amide bonds. The van der Waals surface area contributed by atoms with E-state index in [4.69, 9.17) is 4.74 Å². The fraction of sp³-hybridized carbons (Fsp3) is 0.692. The van der Waals surface area contributed by atoms with Crippen LogP contribution in [-0.2, 0) is 10.2 Å². The third-order valence-electron chi connectivity index (χ3n) is 2.88. The molecule has 1 rings (SSSR count). The molecule has 1 heterocycles. The molecule has 92 valence electrons. The maximum atomic E-state index is 5.19. The molecule has 0 radical (unpaired) electrons. The smallest absolute Gasteiger partial charge is 0.0615 e. The number of rotatable bonds is 7. The monoisotopic (exact) mass is 241 g/mol. The average molecular weight is 241 g/mol. The standard InChI is InChI=1S/C13H23NOS/c1-5-11(9-15-4)14-10-13(2,3)12-7-6-8-16-12/h6-8,11,14H,5,9-10H2,1-4H3. The zero-order valence-corrected chi connectivity index (χ0v) is 11.6. The molecule has 1 atom stereocenters. The summed E-state index contributed by atoms with van der Waals surface area (Å²) in [6.07, 6.45) is 1.11. The van der Waals surface area contributed by atoms with Crippen molar-refractivity contribution in [2.45, 2.75) is 38.6 Å². The quantitative estimate of drug-likeness (QED) is 0.792. The highest BCUT2D eigenvalue weighted by molar-refractivity contribution is 7.10. The van der Waals surface area contributed by atoms with Crippen molar-refractivity contribution in [1.29, 1.82) is 0 Å². The van der Waals surface area contributed by atoms with E-state index in [-0.39, 0.29) is 5.41 Å². The van der Waals surface area contributed by atoms with Gasteiger partial charge in [-0.15, -0.1) is 11.3 Å². The summed E-state index contributed by atoms with van der Waals surface area (Å²) in [4.78, 5) is 1.44. The molecular weight excluding hydrogens is 218 g/mol. The highest BCUT2D eigenvalue weighted by Gasteiger charge is 2.22. The van der Waals surface area contributed by atoms with Gasteiger partial charge in [-0.05, 0) is 17.9 Å². The topological polar surface area (TPSA) is 21.3 Å². The van der Waals surface area contributed by atoms with Gasteiger partial charge < -0.3 is 10.1 Å². The molecule has 0 aliphatic rings. The van der Waals surface area contributed by atoms with Crippen LogP contribution in [0.4, 0.5) is 0 Å². The van der Waals surface area contributed by atoms with Gasteiger partial charge in [0.2, 0.25) is 0 Å². The van der Waals surface area contributed by atoms with Crippen LogP contribution in [0.2, 0.25) is 0 Å². The van der Waals surface area contributed by atoms with Crippen molar-refractivity contribution < 1.29 is 4.74 Å². The second-order valence-corrected chi connectivity index (χ2v) is 5.75. The third-order valence-corrected chi connectivity index (χ3v) is 4.12. The number of hydrogen-bond donors (Lipinski definition) is 1. The van der Waals surface area contributed by atoms with Crippen LogP contribution in [0, 0.1) is 0 Å². The van der Waals surface area contributed by atoms with Gasteiger partial charge in [-0.3, -0.25) is 0 Å². The van der Waals surface area contributed by atoms with Gasteiger partial charge in [0.05, 0.1) is 6.61 Å². The van der Waals surface area contributed by atoms with Crippen molar-refractivity contribution in [3.05, 3.63) is 22.4 Å². The van der Waals surface area contributed by atoms with Crippen LogP contribution in [0.3, 0.4) is 0 Å². The largest absolute Gasteiger partial charge is 0.383 e. The van der Waals surface area contributed by atoms with Gasteiger partial charge in [-0.1, -0.05) is 26.8 Å². The van der Waals surface area contributed by atoms with Gasteiger partial charge in [0.25, 0.3) is 0 Å². The van der Waals surface area contributed by atoms with Crippen molar-refractivity contribution >= 4 is 11.3 Å². The lowest BCUT2D eigenvalue weighted by Gasteiger charge is -2.27. The fourth-order valence-corrected chi connectivity index (χ4v) is 2.52. The molecule has 0 spiro atoms. The van der Waals surface area contributed by atoms with Crippen molar-refractivity contribution in [2.24, 2.45) is 0 Å². The Hall–Kier alpha value is -0.380. The second kappa shape index (κ2) is 6.38. The van der Waals surface area contributed by atoms with Crippen molar-refractivity contribution in [1.82, 2.24) is 5.32 Å². The summed E-state index contributed by atoms with van der Waals surface area (Å²) < 4.78 is 5.19. The van der Waals surface area contributed by atoms with E-state index < -0.39 is 0 Å². The van der Waals surface area contributed by atoms with Crippen LogP contribution in [0.1, 0.15) is 32.1 Å². The van der Waals surface area contributed by atoms with Gasteiger partial charge in [0.1, 0.15) is 0 Å². The van der Waals surface area contributed by atoms with Crippen molar-refractivity contribution in [3.8, 4) is 0 Å². The van der Waals surface area contributed by atoms with E-state index in [1.54, 1.807) is 7.11 Å². The molecule has 0 aliphatic carbocycles. The molecular formula is C13H23NOS. The number of nitrogens with one attached hydrogen (secondary N) is 1. The molecule has 0 saturated heterocycles. The molecule has 0 saturated carbocycles. The Morgan fingerprint density at radius 2 is 2.25 bits per heavy atom. The predicted molar refractivity (Wildman–Crippen MR) is 71.3 cm³/mol. The fourth-order valence-electron chi connectivity index (χ4n) is 1.67. The average Bonchev–Trinajstić information content (AvgIpc) is 2.78. The van der Waals surface area contributed by atoms with Crippen LogP contribution in [0.25, 0.3) is 0 Å². The highest BCUT2D eigenvalue weighted by Crippen LogP contribution is 2.26. The Kier molecular flexibility index (Phi) is 5.46. The molecule has 1 unspecified atom stereocenters. The highest BCUT2D eigenvalue weighted by atomic mass is 32.1. The number of methoxy groups -OCH3 is 1. The van der Waals surface area contributed by atoms with Crippen molar-refractivity contribution in [3.63, 3.8) is 0 Å². The van der Waals surface area contributed by atoms with E-state index in [0.717, 1.165) is 19.6 Å². The first-order valence-corrected chi connectivity index (χ1v) is 6.74. The predicted octanol–water partition coefficient (Wildman–Crippen LogP) is 3.04. The molecule has 1 aromatic heterocycles. The minimum Gasteiger partial charge on any atom is -0.383 e. The summed E-state index contributed by atoms with van der Waals surface area (Å²) in [7, 11) is 1.76. The summed E-state index contributed by atoms with van der Waals surface area (Å²) in [5.41, 5.74) is 0.204. The second-order valence-electron chi connectivity index (χ2n) is 4.80. The molecule has 0 aromatic carbocycles. The lowest BCUT2D eigenvalue weighted by molar-refractivity contribution is 0.161. The van der Waals surface area contributed by atoms with E-state index in [2.05, 4.69) is 43.6 Å². The van der Waals surface area contributed by atoms with E-state index in [9.17, 15) is 0 Å². The molecule has 0 bridgehead atoms. The normalized spacial score (nSPS) is 14.0. The van der Waals surface area contributed by atoms with E-state index in [0.29, 0.717) is 6.04 Å². The maximum absolute atomic E-state index is 5.19. The number of ether oxygens (including phenoxy) is 1. The maximum Gasteiger partial charge on any atom is 0.0615 e. The SMILES string of the molecule is CCC(COC)NCC(C)(C)c1cccs1. The lowest BCUT2D eigenvalue weighted by Crippen LogP contribution is -2.40. The first kappa shape index (κ1) is 13.7. The summed E-state index contributed by atoms with van der Waals surface area (Å²) in [6, 6.07) is 4.79. The zero-order valence-electron chi connectivity index (χ0n) is 10.7. The minimum atomic E-state index is 0.204. The van der Waals surface area contributed by atoms with Crippen LogP contribution in [0.15, 0.2) is 17.5 Å². The molecule has 1 N–H and O–H groups in total. The third kappa shape index (κ3) is 3.89. The first-order valence-electron chi connectivity index (χ1n) is 5.86. The number of hydrogen-bond acceptors (Lipinski definition) is 3. The van der Waals surface area contributed by atoms with Gasteiger partial charge in [-0.2, -0.15) is 0 Å². The molecule has 3 heteroatoms. The summed E-state index contributed by atoms with van der Waals surface area (Å²) in [5, 5.41) is 5.72. The molecule has 2 nitrogen and oxygen atoms in total. The Labute approximate surface area is 103 Å². The lowest BCUT2D eigenvalue weighted by atomic mass is 9.91. The van der Waals surface area contributed by atoms with Crippen LogP contribution >= 0.6 is 11.3 Å². The zero-order chi connectivity index (χ0) is 12.0. The molecule has 1 aromatic rings. The van der Waals surface area contributed by atoms with Crippen LogP contribution in [-0.4, -0.2) is 26.3 Å². The summed E-state index contributed by atoms with van der Waals surface area (Å²) >= 11 is 1.83. The Morgan fingerprint density at radius 3 is 2.75 bits per heavy atom. The molecule has 0 fully saturated rings. The van der Waals surface area contributed by atoms with Crippen LogP contribution in [0.5, 0.6) is 0 Å². The number of thiophene rings is 1. The van der Waals surface area contributed by atoms with Crippen molar-refractivity contribution in [2.75, 3.05) is 20.3 Å². The Morgan fingerprint density at radius 1 is 1.50 bits per heavy atom. The Bertz CT molecular complexity index is 282. The van der Waals surface area contributed by atoms with Gasteiger partial charge in [0, 0.05) is 30.0 Å². The van der Waals surface area contributed by atoms with Gasteiger partial charge in [-0.25, -0.2) is 0 Å². The minimum absolute atomic E-state index is 0.204. The van der Waals surface area contributed by atoms with Gasteiger partial charge in [0.15, 0.2) is 0 Å².